The predicted octanol–water partition coefficient (Wildman–Crippen LogP) is 17.4. The Hall–Kier alpha value is -1.85. The minimum Gasteiger partial charge on any atom is -0.462 e. The molecule has 1 atom stereocenters. The highest BCUT2D eigenvalue weighted by atomic mass is 16.6. The fourth-order valence-corrected chi connectivity index (χ4v) is 7.97. The molecule has 0 amide bonds. The molecule has 0 saturated heterocycles. The van der Waals surface area contributed by atoms with Crippen molar-refractivity contribution in [1.82, 2.24) is 0 Å². The van der Waals surface area contributed by atoms with Gasteiger partial charge in [-0.15, -0.1) is 0 Å². The molecule has 354 valence electrons. The van der Waals surface area contributed by atoms with Gasteiger partial charge in [-0.2, -0.15) is 0 Å². The number of ether oxygens (including phenoxy) is 3. The minimum absolute atomic E-state index is 0.0670. The Morgan fingerprint density at radius 3 is 0.867 bits per heavy atom. The Morgan fingerprint density at radius 2 is 0.550 bits per heavy atom. The zero-order valence-electron chi connectivity index (χ0n) is 40.5. The van der Waals surface area contributed by atoms with Crippen molar-refractivity contribution in [2.24, 2.45) is 0 Å². The molecule has 0 spiro atoms. The molecule has 0 radical (unpaired) electrons. The molecule has 0 rings (SSSR count). The van der Waals surface area contributed by atoms with Gasteiger partial charge in [0.2, 0.25) is 0 Å². The number of hydrogen-bond acceptors (Lipinski definition) is 6. The van der Waals surface area contributed by atoms with Gasteiger partial charge in [0.05, 0.1) is 0 Å². The highest BCUT2D eigenvalue weighted by Gasteiger charge is 2.19. The van der Waals surface area contributed by atoms with E-state index in [0.717, 1.165) is 64.2 Å². The summed E-state index contributed by atoms with van der Waals surface area (Å²) in [6.07, 6.45) is 54.8. The van der Waals surface area contributed by atoms with Gasteiger partial charge in [0.15, 0.2) is 6.10 Å². The van der Waals surface area contributed by atoms with E-state index >= 15 is 0 Å². The van der Waals surface area contributed by atoms with Crippen LogP contribution in [-0.2, 0) is 28.6 Å². The van der Waals surface area contributed by atoms with Crippen molar-refractivity contribution >= 4 is 17.9 Å². The Balaban J connectivity index is 4.30. The second-order valence-corrected chi connectivity index (χ2v) is 18.2. The molecular weight excluding hydrogens is 745 g/mol. The Morgan fingerprint density at radius 1 is 0.317 bits per heavy atom. The lowest BCUT2D eigenvalue weighted by atomic mass is 10.0. The summed E-state index contributed by atoms with van der Waals surface area (Å²) >= 11 is 0. The largest absolute Gasteiger partial charge is 0.462 e. The van der Waals surface area contributed by atoms with Crippen molar-refractivity contribution < 1.29 is 28.6 Å². The maximum atomic E-state index is 12.8. The summed E-state index contributed by atoms with van der Waals surface area (Å²) in [5, 5.41) is 0. The lowest BCUT2D eigenvalue weighted by Gasteiger charge is -2.18. The van der Waals surface area contributed by atoms with Crippen LogP contribution in [0.25, 0.3) is 0 Å². The average Bonchev–Trinajstić information content (AvgIpc) is 3.24. The van der Waals surface area contributed by atoms with Gasteiger partial charge < -0.3 is 14.2 Å². The van der Waals surface area contributed by atoms with Crippen LogP contribution < -0.4 is 0 Å². The topological polar surface area (TPSA) is 78.9 Å². The number of rotatable bonds is 49. The van der Waals surface area contributed by atoms with E-state index in [2.05, 4.69) is 32.9 Å². The first-order valence-electron chi connectivity index (χ1n) is 26.7. The molecule has 0 aromatic carbocycles. The minimum atomic E-state index is -0.766. The van der Waals surface area contributed by atoms with E-state index < -0.39 is 6.10 Å². The van der Waals surface area contributed by atoms with Gasteiger partial charge in [-0.05, 0) is 44.9 Å². The monoisotopic (exact) mass is 847 g/mol. The normalized spacial score (nSPS) is 12.0. The predicted molar refractivity (Wildman–Crippen MR) is 256 cm³/mol. The van der Waals surface area contributed by atoms with E-state index in [1.807, 2.05) is 0 Å². The second kappa shape index (κ2) is 49.8. The molecule has 1 unspecified atom stereocenters. The van der Waals surface area contributed by atoms with Crippen LogP contribution >= 0.6 is 0 Å². The number of unbranched alkanes of at least 4 members (excludes halogenated alkanes) is 36. The summed E-state index contributed by atoms with van der Waals surface area (Å²) in [6, 6.07) is 0. The molecule has 0 aromatic heterocycles. The molecule has 0 heterocycles. The molecule has 0 bridgehead atoms. The van der Waals surface area contributed by atoms with Gasteiger partial charge in [0.1, 0.15) is 13.2 Å². The third-order valence-electron chi connectivity index (χ3n) is 12.0. The Bertz CT molecular complexity index is 931. The Kier molecular flexibility index (Phi) is 48.3. The highest BCUT2D eigenvalue weighted by Crippen LogP contribution is 2.17. The number of allylic oxidation sites excluding steroid dienone is 2. The number of carbonyl (C=O) groups is 3. The van der Waals surface area contributed by atoms with E-state index in [0.29, 0.717) is 19.3 Å². The van der Waals surface area contributed by atoms with Crippen molar-refractivity contribution in [3.8, 4) is 0 Å². The van der Waals surface area contributed by atoms with E-state index in [4.69, 9.17) is 14.2 Å². The number of esters is 3. The molecule has 6 heteroatoms. The van der Waals surface area contributed by atoms with E-state index in [-0.39, 0.29) is 31.1 Å². The van der Waals surface area contributed by atoms with Gasteiger partial charge >= 0.3 is 17.9 Å². The third kappa shape index (κ3) is 47.2. The molecule has 6 nitrogen and oxygen atoms in total. The van der Waals surface area contributed by atoms with Crippen LogP contribution in [-0.4, -0.2) is 37.2 Å². The average molecular weight is 847 g/mol. The standard InChI is InChI=1S/C54H102O6/c1-4-7-10-13-16-19-22-25-26-27-28-30-32-35-38-41-44-47-53(56)59-50-51(49-58-52(55)46-43-40-37-34-31-24-21-18-15-12-9-6-3)60-54(57)48-45-42-39-36-33-29-23-20-17-14-11-8-5-2/h18,21,51H,4-17,19-20,22-50H2,1-3H3/b21-18-. The smallest absolute Gasteiger partial charge is 0.306 e. The maximum absolute atomic E-state index is 12.8. The summed E-state index contributed by atoms with van der Waals surface area (Å²) in [4.78, 5) is 38.0. The first-order valence-corrected chi connectivity index (χ1v) is 26.7. The Labute approximate surface area is 373 Å². The van der Waals surface area contributed by atoms with Crippen LogP contribution in [0, 0.1) is 0 Å². The molecule has 0 fully saturated rings. The molecule has 0 aromatic rings. The first-order chi connectivity index (χ1) is 29.5. The van der Waals surface area contributed by atoms with Crippen LogP contribution in [0.4, 0.5) is 0 Å². The van der Waals surface area contributed by atoms with E-state index in [9.17, 15) is 14.4 Å². The van der Waals surface area contributed by atoms with Crippen molar-refractivity contribution in [2.75, 3.05) is 13.2 Å². The van der Waals surface area contributed by atoms with E-state index in [1.54, 1.807) is 0 Å². The zero-order chi connectivity index (χ0) is 43.7. The summed E-state index contributed by atoms with van der Waals surface area (Å²) in [6.45, 7) is 6.65. The molecular formula is C54H102O6. The molecule has 60 heavy (non-hydrogen) atoms. The quantitative estimate of drug-likeness (QED) is 0.0263. The van der Waals surface area contributed by atoms with Crippen molar-refractivity contribution in [2.45, 2.75) is 303 Å². The second-order valence-electron chi connectivity index (χ2n) is 18.2. The number of hydrogen-bond donors (Lipinski definition) is 0. The van der Waals surface area contributed by atoms with Gasteiger partial charge in [-0.1, -0.05) is 245 Å². The molecule has 0 saturated carbocycles. The van der Waals surface area contributed by atoms with Crippen LogP contribution in [0.2, 0.25) is 0 Å². The van der Waals surface area contributed by atoms with Crippen LogP contribution in [0.15, 0.2) is 12.2 Å². The summed E-state index contributed by atoms with van der Waals surface area (Å²) in [5.41, 5.74) is 0. The lowest BCUT2D eigenvalue weighted by molar-refractivity contribution is -0.167. The van der Waals surface area contributed by atoms with E-state index in [1.165, 1.54) is 193 Å². The first kappa shape index (κ1) is 58.1. The lowest BCUT2D eigenvalue weighted by Crippen LogP contribution is -2.30. The van der Waals surface area contributed by atoms with Gasteiger partial charge in [0.25, 0.3) is 0 Å². The SMILES string of the molecule is CCCCC/C=C\CCCCCCCC(=O)OCC(COC(=O)CCCCCCCCCCCCCCCCCCC)OC(=O)CCCCCCCCCCCCCCC. The van der Waals surface area contributed by atoms with Crippen molar-refractivity contribution in [1.29, 1.82) is 0 Å². The molecule has 0 aliphatic carbocycles. The van der Waals surface area contributed by atoms with Crippen LogP contribution in [0.5, 0.6) is 0 Å². The number of carbonyl (C=O) groups excluding carboxylic acids is 3. The van der Waals surface area contributed by atoms with Gasteiger partial charge in [-0.3, -0.25) is 14.4 Å². The highest BCUT2D eigenvalue weighted by molar-refractivity contribution is 5.71. The summed E-state index contributed by atoms with van der Waals surface area (Å²) in [5.74, 6) is -0.858. The van der Waals surface area contributed by atoms with Gasteiger partial charge in [0, 0.05) is 19.3 Å². The van der Waals surface area contributed by atoms with Gasteiger partial charge in [-0.25, -0.2) is 0 Å². The van der Waals surface area contributed by atoms with Crippen LogP contribution in [0.1, 0.15) is 297 Å². The zero-order valence-corrected chi connectivity index (χ0v) is 40.5. The summed E-state index contributed by atoms with van der Waals surface area (Å²) in [7, 11) is 0. The molecule has 0 N–H and O–H groups in total. The van der Waals surface area contributed by atoms with Crippen molar-refractivity contribution in [3.05, 3.63) is 12.2 Å². The maximum Gasteiger partial charge on any atom is 0.306 e. The molecule has 0 aliphatic rings. The van der Waals surface area contributed by atoms with Crippen LogP contribution in [0.3, 0.4) is 0 Å². The van der Waals surface area contributed by atoms with Crippen molar-refractivity contribution in [3.63, 3.8) is 0 Å². The molecule has 0 aliphatic heterocycles. The fourth-order valence-electron chi connectivity index (χ4n) is 7.97. The summed E-state index contributed by atoms with van der Waals surface area (Å²) < 4.78 is 16.8. The fraction of sp³-hybridized carbons (Fsp3) is 0.907. The third-order valence-corrected chi connectivity index (χ3v) is 12.0.